The van der Waals surface area contributed by atoms with Gasteiger partial charge in [-0.2, -0.15) is 5.10 Å². The summed E-state index contributed by atoms with van der Waals surface area (Å²) in [5.74, 6) is 0.0286. The molecule has 0 aliphatic rings. The summed E-state index contributed by atoms with van der Waals surface area (Å²) in [6.45, 7) is 1.86. The van der Waals surface area contributed by atoms with Crippen molar-refractivity contribution in [3.8, 4) is 5.69 Å². The van der Waals surface area contributed by atoms with Crippen LogP contribution < -0.4 is 0 Å². The molecule has 0 bridgehead atoms. The van der Waals surface area contributed by atoms with Crippen LogP contribution in [0, 0.1) is 6.92 Å². The van der Waals surface area contributed by atoms with Gasteiger partial charge in [-0.1, -0.05) is 22.0 Å². The zero-order valence-corrected chi connectivity index (χ0v) is 13.1. The van der Waals surface area contributed by atoms with Crippen LogP contribution in [0.25, 0.3) is 5.69 Å². The fraction of sp³-hybridized carbons (Fsp3) is 0.0667. The number of hydrogen-bond acceptors (Lipinski definition) is 3. The maximum atomic E-state index is 12.4. The van der Waals surface area contributed by atoms with Crippen molar-refractivity contribution in [3.05, 3.63) is 68.6 Å². The Bertz CT molecular complexity index is 745. The molecule has 0 aliphatic heterocycles. The second kappa shape index (κ2) is 5.34. The highest BCUT2D eigenvalue weighted by molar-refractivity contribution is 9.10. The van der Waals surface area contributed by atoms with Crippen molar-refractivity contribution in [3.63, 3.8) is 0 Å². The first-order valence-electron chi connectivity index (χ1n) is 6.05. The highest BCUT2D eigenvalue weighted by Gasteiger charge is 2.16. The number of carbonyl (C=O) groups excluding carboxylic acids is 1. The fourth-order valence-electron chi connectivity index (χ4n) is 1.95. The third-order valence-corrected chi connectivity index (χ3v) is 4.38. The number of benzene rings is 1. The van der Waals surface area contributed by atoms with Crippen LogP contribution in [0.15, 0.2) is 52.4 Å². The van der Waals surface area contributed by atoms with Crippen LogP contribution in [-0.4, -0.2) is 15.6 Å². The molecular weight excluding hydrogens is 336 g/mol. The first kappa shape index (κ1) is 13.3. The molecule has 3 aromatic rings. The number of carbonyl (C=O) groups is 1. The van der Waals surface area contributed by atoms with Gasteiger partial charge in [-0.05, 0) is 42.6 Å². The van der Waals surface area contributed by atoms with Gasteiger partial charge < -0.3 is 0 Å². The molecule has 2 aromatic heterocycles. The first-order valence-corrected chi connectivity index (χ1v) is 7.73. The van der Waals surface area contributed by atoms with Crippen molar-refractivity contribution in [2.45, 2.75) is 6.92 Å². The lowest BCUT2D eigenvalue weighted by Crippen LogP contribution is -1.98. The van der Waals surface area contributed by atoms with E-state index in [0.717, 1.165) is 20.7 Å². The number of aromatic nitrogens is 2. The van der Waals surface area contributed by atoms with Crippen LogP contribution in [0.4, 0.5) is 0 Å². The minimum Gasteiger partial charge on any atom is -0.288 e. The summed E-state index contributed by atoms with van der Waals surface area (Å²) in [6, 6.07) is 11.5. The fourth-order valence-corrected chi connectivity index (χ4v) is 2.89. The Morgan fingerprint density at radius 1 is 1.25 bits per heavy atom. The lowest BCUT2D eigenvalue weighted by Gasteiger charge is -2.00. The van der Waals surface area contributed by atoms with E-state index in [1.165, 1.54) is 11.3 Å². The summed E-state index contributed by atoms with van der Waals surface area (Å²) in [5.41, 5.74) is 2.32. The van der Waals surface area contributed by atoms with Crippen LogP contribution in [0.2, 0.25) is 0 Å². The van der Waals surface area contributed by atoms with Crippen LogP contribution in [-0.2, 0) is 0 Å². The average molecular weight is 347 g/mol. The van der Waals surface area contributed by atoms with Crippen LogP contribution in [0.3, 0.4) is 0 Å². The Morgan fingerprint density at radius 2 is 2.00 bits per heavy atom. The Labute approximate surface area is 129 Å². The van der Waals surface area contributed by atoms with Gasteiger partial charge in [0.2, 0.25) is 5.78 Å². The molecule has 0 aliphatic carbocycles. The molecule has 0 radical (unpaired) electrons. The van der Waals surface area contributed by atoms with E-state index in [1.54, 1.807) is 10.9 Å². The monoisotopic (exact) mass is 346 g/mol. The van der Waals surface area contributed by atoms with Gasteiger partial charge in [0.05, 0.1) is 21.8 Å². The van der Waals surface area contributed by atoms with Crippen molar-refractivity contribution in [1.82, 2.24) is 9.78 Å². The lowest BCUT2D eigenvalue weighted by molar-refractivity contribution is 0.104. The molecule has 0 spiro atoms. The molecule has 0 saturated carbocycles. The van der Waals surface area contributed by atoms with Crippen molar-refractivity contribution < 1.29 is 4.79 Å². The molecule has 20 heavy (non-hydrogen) atoms. The molecular formula is C15H11BrN2OS. The number of ketones is 1. The maximum absolute atomic E-state index is 12.4. The summed E-state index contributed by atoms with van der Waals surface area (Å²) < 4.78 is 2.75. The van der Waals surface area contributed by atoms with E-state index >= 15 is 0 Å². The zero-order chi connectivity index (χ0) is 14.1. The van der Waals surface area contributed by atoms with Gasteiger partial charge in [-0.25, -0.2) is 4.68 Å². The molecule has 0 N–H and O–H groups in total. The summed E-state index contributed by atoms with van der Waals surface area (Å²) in [6.07, 6.45) is 1.79. The van der Waals surface area contributed by atoms with E-state index in [1.807, 2.05) is 48.7 Å². The molecule has 3 nitrogen and oxygen atoms in total. The number of nitrogens with zero attached hydrogens (tertiary/aromatic N) is 2. The molecule has 0 amide bonds. The van der Waals surface area contributed by atoms with E-state index in [9.17, 15) is 4.79 Å². The third kappa shape index (κ3) is 2.46. The van der Waals surface area contributed by atoms with E-state index in [0.29, 0.717) is 5.56 Å². The van der Waals surface area contributed by atoms with Crippen LogP contribution >= 0.6 is 27.3 Å². The number of hydrogen-bond donors (Lipinski definition) is 0. The number of rotatable bonds is 3. The van der Waals surface area contributed by atoms with Crippen molar-refractivity contribution in [1.29, 1.82) is 0 Å². The minimum atomic E-state index is 0.0286. The second-order valence-corrected chi connectivity index (χ2v) is 6.22. The Balaban J connectivity index is 1.99. The Hall–Kier alpha value is -1.72. The van der Waals surface area contributed by atoms with Gasteiger partial charge >= 0.3 is 0 Å². The van der Waals surface area contributed by atoms with E-state index < -0.39 is 0 Å². The van der Waals surface area contributed by atoms with Gasteiger partial charge in [0.25, 0.3) is 0 Å². The van der Waals surface area contributed by atoms with Crippen molar-refractivity contribution >= 4 is 33.0 Å². The number of thiophene rings is 1. The van der Waals surface area contributed by atoms with E-state index in [4.69, 9.17) is 0 Å². The SMILES string of the molecule is Cc1nn(-c2ccc(Br)cc2)cc1C(=O)c1cccs1. The largest absolute Gasteiger partial charge is 0.288 e. The molecule has 0 atom stereocenters. The summed E-state index contributed by atoms with van der Waals surface area (Å²) in [5, 5.41) is 6.33. The molecule has 0 unspecified atom stereocenters. The molecule has 2 heterocycles. The normalized spacial score (nSPS) is 10.7. The zero-order valence-electron chi connectivity index (χ0n) is 10.7. The summed E-state index contributed by atoms with van der Waals surface area (Å²) >= 11 is 4.85. The predicted octanol–water partition coefficient (Wildman–Crippen LogP) is 4.24. The Kier molecular flexibility index (Phi) is 3.54. The molecule has 0 saturated heterocycles. The van der Waals surface area contributed by atoms with Gasteiger partial charge in [-0.15, -0.1) is 11.3 Å². The van der Waals surface area contributed by atoms with E-state index in [2.05, 4.69) is 21.0 Å². The second-order valence-electron chi connectivity index (χ2n) is 4.36. The molecule has 1 aromatic carbocycles. The van der Waals surface area contributed by atoms with E-state index in [-0.39, 0.29) is 5.78 Å². The van der Waals surface area contributed by atoms with Gasteiger partial charge in [0.1, 0.15) is 0 Å². The molecule has 0 fully saturated rings. The quantitative estimate of drug-likeness (QED) is 0.665. The van der Waals surface area contributed by atoms with Crippen LogP contribution in [0.1, 0.15) is 20.9 Å². The van der Waals surface area contributed by atoms with Crippen LogP contribution in [0.5, 0.6) is 0 Å². The average Bonchev–Trinajstić information content (AvgIpc) is 3.08. The smallest absolute Gasteiger partial charge is 0.206 e. The number of halogens is 1. The first-order chi connectivity index (χ1) is 9.65. The summed E-state index contributed by atoms with van der Waals surface area (Å²) in [7, 11) is 0. The highest BCUT2D eigenvalue weighted by atomic mass is 79.9. The van der Waals surface area contributed by atoms with Gasteiger partial charge in [0, 0.05) is 10.7 Å². The molecule has 3 rings (SSSR count). The third-order valence-electron chi connectivity index (χ3n) is 2.98. The number of aryl methyl sites for hydroxylation is 1. The van der Waals surface area contributed by atoms with Crippen molar-refractivity contribution in [2.24, 2.45) is 0 Å². The Morgan fingerprint density at radius 3 is 2.65 bits per heavy atom. The summed E-state index contributed by atoms with van der Waals surface area (Å²) in [4.78, 5) is 13.1. The maximum Gasteiger partial charge on any atom is 0.206 e. The highest BCUT2D eigenvalue weighted by Crippen LogP contribution is 2.20. The van der Waals surface area contributed by atoms with Crippen molar-refractivity contribution in [2.75, 3.05) is 0 Å². The minimum absolute atomic E-state index is 0.0286. The topological polar surface area (TPSA) is 34.9 Å². The lowest BCUT2D eigenvalue weighted by atomic mass is 10.1. The van der Waals surface area contributed by atoms with Gasteiger partial charge in [-0.3, -0.25) is 4.79 Å². The molecule has 100 valence electrons. The standard InChI is InChI=1S/C15H11BrN2OS/c1-10-13(15(19)14-3-2-8-20-14)9-18(17-10)12-6-4-11(16)5-7-12/h2-9H,1H3. The predicted molar refractivity (Wildman–Crippen MR) is 83.8 cm³/mol. The molecule has 5 heteroatoms. The van der Waals surface area contributed by atoms with Gasteiger partial charge in [0.15, 0.2) is 0 Å².